The van der Waals surface area contributed by atoms with Crippen molar-refractivity contribution >= 4 is 17.0 Å². The van der Waals surface area contributed by atoms with Gasteiger partial charge in [-0.05, 0) is 70.0 Å². The number of likely N-dealkylation sites (tertiary alicyclic amines) is 1. The van der Waals surface area contributed by atoms with E-state index >= 15 is 0 Å². The molecule has 10 heteroatoms. The van der Waals surface area contributed by atoms with Crippen molar-refractivity contribution in [3.05, 3.63) is 35.5 Å². The smallest absolute Gasteiger partial charge is 0.419 e. The topological polar surface area (TPSA) is 81.1 Å². The second kappa shape index (κ2) is 9.38. The lowest BCUT2D eigenvalue weighted by Gasteiger charge is -2.36. The van der Waals surface area contributed by atoms with Crippen LogP contribution in [0.25, 0.3) is 22.3 Å². The lowest BCUT2D eigenvalue weighted by atomic mass is 10.0. The highest BCUT2D eigenvalue weighted by Crippen LogP contribution is 2.39. The molecule has 1 aromatic carbocycles. The fourth-order valence-electron chi connectivity index (χ4n) is 5.12. The number of pyridine rings is 1. The SMILES string of the molecule is CCOc1ccc(-c2cc3[nH]c(N4CCC(N5CCCC5)CC4)nc3c(C#N)n2)cc1C(F)(F)F. The van der Waals surface area contributed by atoms with E-state index in [9.17, 15) is 18.4 Å². The number of imidazole rings is 1. The number of piperidine rings is 1. The summed E-state index contributed by atoms with van der Waals surface area (Å²) in [5.74, 6) is 0.435. The molecule has 2 aromatic heterocycles. The van der Waals surface area contributed by atoms with Gasteiger partial charge < -0.3 is 19.5 Å². The quantitative estimate of drug-likeness (QED) is 0.550. The maximum atomic E-state index is 13.6. The molecule has 0 radical (unpaired) electrons. The van der Waals surface area contributed by atoms with Gasteiger partial charge in [0.1, 0.15) is 17.3 Å². The number of anilines is 1. The molecule has 0 amide bonds. The zero-order chi connectivity index (χ0) is 24.6. The number of halogens is 3. The van der Waals surface area contributed by atoms with Gasteiger partial charge in [-0.15, -0.1) is 0 Å². The summed E-state index contributed by atoms with van der Waals surface area (Å²) in [6.45, 7) is 5.83. The molecule has 0 saturated carbocycles. The summed E-state index contributed by atoms with van der Waals surface area (Å²) in [7, 11) is 0. The predicted octanol–water partition coefficient (Wildman–Crippen LogP) is 4.98. The van der Waals surface area contributed by atoms with E-state index in [1.54, 1.807) is 13.0 Å². The Labute approximate surface area is 201 Å². The molecule has 0 aliphatic carbocycles. The van der Waals surface area contributed by atoms with Crippen LogP contribution in [-0.2, 0) is 6.18 Å². The van der Waals surface area contributed by atoms with Gasteiger partial charge in [0.15, 0.2) is 5.69 Å². The fraction of sp³-hybridized carbons (Fsp3) is 0.480. The first kappa shape index (κ1) is 23.4. The highest BCUT2D eigenvalue weighted by atomic mass is 19.4. The molecule has 3 aromatic rings. The summed E-state index contributed by atoms with van der Waals surface area (Å²) in [6, 6.07) is 8.14. The summed E-state index contributed by atoms with van der Waals surface area (Å²) in [4.78, 5) is 17.0. The number of benzene rings is 1. The van der Waals surface area contributed by atoms with Gasteiger partial charge in [0.05, 0.1) is 23.4 Å². The number of nitriles is 1. The summed E-state index contributed by atoms with van der Waals surface area (Å²) in [5, 5.41) is 9.69. The molecule has 0 bridgehead atoms. The van der Waals surface area contributed by atoms with Crippen LogP contribution >= 0.6 is 0 Å². The van der Waals surface area contributed by atoms with Crippen LogP contribution in [0.3, 0.4) is 0 Å². The van der Waals surface area contributed by atoms with Gasteiger partial charge in [0.2, 0.25) is 5.95 Å². The normalized spacial score (nSPS) is 17.7. The molecule has 4 heterocycles. The minimum Gasteiger partial charge on any atom is -0.493 e. The molecule has 0 spiro atoms. The first-order chi connectivity index (χ1) is 16.9. The Morgan fingerprint density at radius 1 is 1.11 bits per heavy atom. The van der Waals surface area contributed by atoms with E-state index in [1.165, 1.54) is 38.1 Å². The van der Waals surface area contributed by atoms with E-state index in [0.29, 0.717) is 23.0 Å². The highest BCUT2D eigenvalue weighted by Gasteiger charge is 2.35. The third-order valence-electron chi connectivity index (χ3n) is 6.86. The van der Waals surface area contributed by atoms with Crippen LogP contribution in [-0.4, -0.2) is 58.7 Å². The molecule has 5 rings (SSSR count). The maximum absolute atomic E-state index is 13.6. The van der Waals surface area contributed by atoms with Crippen LogP contribution in [0.2, 0.25) is 0 Å². The fourth-order valence-corrected chi connectivity index (χ4v) is 5.12. The molecular weight excluding hydrogens is 457 g/mol. The van der Waals surface area contributed by atoms with Crippen LogP contribution in [0.1, 0.15) is 43.9 Å². The standard InChI is InChI=1S/C25H27F3N6O/c1-2-35-22-6-5-16(13-18(22)25(26,27)28)19-14-20-23(21(15-29)30-19)32-24(31-20)34-11-7-17(8-12-34)33-9-3-4-10-33/h5-6,13-14,17H,2-4,7-12H2,1H3,(H,31,32). The summed E-state index contributed by atoms with van der Waals surface area (Å²) >= 11 is 0. The number of nitrogens with zero attached hydrogens (tertiary/aromatic N) is 5. The largest absolute Gasteiger partial charge is 0.493 e. The number of fused-ring (bicyclic) bond motifs is 1. The van der Waals surface area contributed by atoms with Crippen LogP contribution in [0, 0.1) is 11.3 Å². The summed E-state index contributed by atoms with van der Waals surface area (Å²) in [6.07, 6.45) is 0.0743. The molecule has 7 nitrogen and oxygen atoms in total. The number of H-pyrrole nitrogens is 1. The maximum Gasteiger partial charge on any atom is 0.419 e. The monoisotopic (exact) mass is 484 g/mol. The minimum absolute atomic E-state index is 0.0781. The second-order valence-electron chi connectivity index (χ2n) is 9.03. The molecule has 0 atom stereocenters. The number of aromatic amines is 1. The Hall–Kier alpha value is -3.32. The molecule has 35 heavy (non-hydrogen) atoms. The van der Waals surface area contributed by atoms with Crippen molar-refractivity contribution in [1.82, 2.24) is 19.9 Å². The zero-order valence-electron chi connectivity index (χ0n) is 19.5. The van der Waals surface area contributed by atoms with Crippen LogP contribution in [0.15, 0.2) is 24.3 Å². The van der Waals surface area contributed by atoms with Crippen molar-refractivity contribution in [3.8, 4) is 23.1 Å². The van der Waals surface area contributed by atoms with Crippen molar-refractivity contribution in [2.45, 2.75) is 44.8 Å². The lowest BCUT2D eigenvalue weighted by Crippen LogP contribution is -2.44. The van der Waals surface area contributed by atoms with Gasteiger partial charge >= 0.3 is 6.18 Å². The van der Waals surface area contributed by atoms with E-state index in [0.717, 1.165) is 32.0 Å². The number of rotatable bonds is 5. The van der Waals surface area contributed by atoms with E-state index in [4.69, 9.17) is 4.74 Å². The molecule has 1 N–H and O–H groups in total. The Morgan fingerprint density at radius 2 is 1.86 bits per heavy atom. The zero-order valence-corrected chi connectivity index (χ0v) is 19.5. The van der Waals surface area contributed by atoms with Gasteiger partial charge in [-0.1, -0.05) is 0 Å². The van der Waals surface area contributed by atoms with Crippen LogP contribution in [0.5, 0.6) is 5.75 Å². The number of aromatic nitrogens is 3. The van der Waals surface area contributed by atoms with Crippen LogP contribution in [0.4, 0.5) is 19.1 Å². The Bertz CT molecular complexity index is 1250. The Kier molecular flexibility index (Phi) is 6.28. The second-order valence-corrected chi connectivity index (χ2v) is 9.03. The third-order valence-corrected chi connectivity index (χ3v) is 6.86. The molecule has 2 aliphatic rings. The van der Waals surface area contributed by atoms with Crippen molar-refractivity contribution in [2.75, 3.05) is 37.7 Å². The van der Waals surface area contributed by atoms with Gasteiger partial charge in [-0.3, -0.25) is 0 Å². The molecule has 0 unspecified atom stereocenters. The van der Waals surface area contributed by atoms with Gasteiger partial charge in [-0.25, -0.2) is 9.97 Å². The number of ether oxygens (including phenoxy) is 1. The Balaban J connectivity index is 1.44. The molecule has 2 fully saturated rings. The van der Waals surface area contributed by atoms with Crippen molar-refractivity contribution in [2.24, 2.45) is 0 Å². The third kappa shape index (κ3) is 4.65. The van der Waals surface area contributed by atoms with Crippen LogP contribution < -0.4 is 9.64 Å². The Morgan fingerprint density at radius 3 is 2.51 bits per heavy atom. The summed E-state index contributed by atoms with van der Waals surface area (Å²) < 4.78 is 46.0. The van der Waals surface area contributed by atoms with Crippen molar-refractivity contribution in [1.29, 1.82) is 5.26 Å². The lowest BCUT2D eigenvalue weighted by molar-refractivity contribution is -0.138. The molecule has 184 valence electrons. The van der Waals surface area contributed by atoms with E-state index < -0.39 is 11.7 Å². The number of alkyl halides is 3. The summed E-state index contributed by atoms with van der Waals surface area (Å²) in [5.41, 5.74) is 0.727. The minimum atomic E-state index is -4.58. The number of hydrogen-bond donors (Lipinski definition) is 1. The van der Waals surface area contributed by atoms with Crippen molar-refractivity contribution < 1.29 is 17.9 Å². The first-order valence-corrected chi connectivity index (χ1v) is 12.0. The average molecular weight is 485 g/mol. The van der Waals surface area contributed by atoms with Gasteiger partial charge in [0, 0.05) is 24.7 Å². The first-order valence-electron chi connectivity index (χ1n) is 12.0. The van der Waals surface area contributed by atoms with Crippen molar-refractivity contribution in [3.63, 3.8) is 0 Å². The van der Waals surface area contributed by atoms with Gasteiger partial charge in [0.25, 0.3) is 0 Å². The highest BCUT2D eigenvalue weighted by molar-refractivity contribution is 5.86. The van der Waals surface area contributed by atoms with E-state index in [2.05, 4.69) is 30.8 Å². The molecular formula is C25H27F3N6O. The molecule has 2 saturated heterocycles. The van der Waals surface area contributed by atoms with E-state index in [1.807, 2.05) is 0 Å². The van der Waals surface area contributed by atoms with E-state index in [-0.39, 0.29) is 29.3 Å². The average Bonchev–Trinajstić information content (AvgIpc) is 3.54. The molecule has 2 aliphatic heterocycles. The number of hydrogen-bond acceptors (Lipinski definition) is 6. The van der Waals surface area contributed by atoms with Gasteiger partial charge in [-0.2, -0.15) is 18.4 Å². The number of nitrogens with one attached hydrogen (secondary N) is 1. The predicted molar refractivity (Wildman–Crippen MR) is 126 cm³/mol.